The summed E-state index contributed by atoms with van der Waals surface area (Å²) in [6.45, 7) is 6.49. The van der Waals surface area contributed by atoms with E-state index in [2.05, 4.69) is 10.4 Å². The third-order valence-electron chi connectivity index (χ3n) is 3.30. The summed E-state index contributed by atoms with van der Waals surface area (Å²) in [5, 5.41) is 6.72. The first kappa shape index (κ1) is 17.5. The summed E-state index contributed by atoms with van der Waals surface area (Å²) in [5.41, 5.74) is 0.0444. The number of rotatable bonds is 5. The third-order valence-corrected chi connectivity index (χ3v) is 3.30. The Morgan fingerprint density at radius 3 is 2.71 bits per heavy atom. The number of carbonyl (C=O) groups is 2. The zero-order chi connectivity index (χ0) is 17.9. The number of hydrogen-bond acceptors (Lipinski definition) is 6. The molecule has 2 rings (SSSR count). The monoisotopic (exact) mass is 333 g/mol. The first-order chi connectivity index (χ1) is 11.3. The highest BCUT2D eigenvalue weighted by molar-refractivity contribution is 5.96. The maximum atomic E-state index is 12.1. The molecule has 1 amide bonds. The molecule has 1 N–H and O–H groups in total. The molecule has 8 nitrogen and oxygen atoms in total. The second-order valence-electron chi connectivity index (χ2n) is 5.56. The Kier molecular flexibility index (Phi) is 5.18. The maximum absolute atomic E-state index is 12.1. The Labute approximate surface area is 138 Å². The van der Waals surface area contributed by atoms with E-state index < -0.39 is 24.1 Å². The van der Waals surface area contributed by atoms with Gasteiger partial charge in [0.2, 0.25) is 0 Å². The van der Waals surface area contributed by atoms with Gasteiger partial charge in [-0.2, -0.15) is 5.10 Å². The largest absolute Gasteiger partial charge is 0.452 e. The average Bonchev–Trinajstić information content (AvgIpc) is 2.92. The predicted molar refractivity (Wildman–Crippen MR) is 86.0 cm³/mol. The second-order valence-corrected chi connectivity index (χ2v) is 5.56. The van der Waals surface area contributed by atoms with Crippen molar-refractivity contribution < 1.29 is 18.7 Å². The standard InChI is InChI=1S/C16H19N3O5/c1-9(2)19-12(5-6-17-19)18-13(20)8-23-16(22)15-10(3)7-14(21)24-11(15)4/h5-7,9H,8H2,1-4H3,(H,18,20). The SMILES string of the molecule is Cc1cc(=O)oc(C)c1C(=O)OCC(=O)Nc1ccnn1C(C)C. The predicted octanol–water partition coefficient (Wildman–Crippen LogP) is 1.83. The van der Waals surface area contributed by atoms with Crippen molar-refractivity contribution in [3.63, 3.8) is 0 Å². The Morgan fingerprint density at radius 2 is 2.08 bits per heavy atom. The summed E-state index contributed by atoms with van der Waals surface area (Å²) >= 11 is 0. The van der Waals surface area contributed by atoms with Crippen LogP contribution in [0.15, 0.2) is 27.5 Å². The smallest absolute Gasteiger partial charge is 0.342 e. The van der Waals surface area contributed by atoms with Crippen LogP contribution in [0.3, 0.4) is 0 Å². The quantitative estimate of drug-likeness (QED) is 0.837. The van der Waals surface area contributed by atoms with Crippen LogP contribution in [0.25, 0.3) is 0 Å². The Hall–Kier alpha value is -2.90. The summed E-state index contributed by atoms with van der Waals surface area (Å²) in [7, 11) is 0. The number of nitrogens with one attached hydrogen (secondary N) is 1. The highest BCUT2D eigenvalue weighted by Crippen LogP contribution is 2.14. The van der Waals surface area contributed by atoms with Crippen LogP contribution in [0, 0.1) is 13.8 Å². The van der Waals surface area contributed by atoms with Crippen LogP contribution < -0.4 is 10.9 Å². The van der Waals surface area contributed by atoms with Gasteiger partial charge in [0.1, 0.15) is 17.1 Å². The topological polar surface area (TPSA) is 103 Å². The van der Waals surface area contributed by atoms with Crippen LogP contribution in [0.2, 0.25) is 0 Å². The Balaban J connectivity index is 2.00. The van der Waals surface area contributed by atoms with Crippen LogP contribution in [-0.4, -0.2) is 28.3 Å². The molecular formula is C16H19N3O5. The number of anilines is 1. The normalized spacial score (nSPS) is 10.7. The van der Waals surface area contributed by atoms with Crippen LogP contribution in [-0.2, 0) is 9.53 Å². The molecule has 0 radical (unpaired) electrons. The van der Waals surface area contributed by atoms with Crippen molar-refractivity contribution in [1.29, 1.82) is 0 Å². The number of amides is 1. The number of nitrogens with zero attached hydrogens (tertiary/aromatic N) is 2. The second kappa shape index (κ2) is 7.12. The van der Waals surface area contributed by atoms with Gasteiger partial charge in [-0.1, -0.05) is 0 Å². The number of ether oxygens (including phenoxy) is 1. The zero-order valence-corrected chi connectivity index (χ0v) is 14.0. The first-order valence-electron chi connectivity index (χ1n) is 7.41. The fourth-order valence-electron chi connectivity index (χ4n) is 2.27. The molecule has 0 saturated heterocycles. The molecule has 0 bridgehead atoms. The van der Waals surface area contributed by atoms with Gasteiger partial charge in [0.15, 0.2) is 6.61 Å². The molecule has 24 heavy (non-hydrogen) atoms. The van der Waals surface area contributed by atoms with E-state index in [1.807, 2.05) is 13.8 Å². The summed E-state index contributed by atoms with van der Waals surface area (Å²) in [6, 6.07) is 2.93. The van der Waals surface area contributed by atoms with Crippen molar-refractivity contribution >= 4 is 17.7 Å². The van der Waals surface area contributed by atoms with Gasteiger partial charge in [-0.3, -0.25) is 4.79 Å². The van der Waals surface area contributed by atoms with E-state index in [0.29, 0.717) is 11.4 Å². The lowest BCUT2D eigenvalue weighted by Gasteiger charge is -2.12. The van der Waals surface area contributed by atoms with Crippen LogP contribution in [0.4, 0.5) is 5.82 Å². The molecule has 0 fully saturated rings. The Bertz CT molecular complexity index is 793. The molecule has 2 aromatic rings. The van der Waals surface area contributed by atoms with Gasteiger partial charge in [-0.15, -0.1) is 0 Å². The van der Waals surface area contributed by atoms with E-state index in [1.165, 1.54) is 13.0 Å². The maximum Gasteiger partial charge on any atom is 0.342 e. The van der Waals surface area contributed by atoms with Gasteiger partial charge < -0.3 is 14.5 Å². The molecule has 0 aliphatic carbocycles. The number of hydrogen-bond donors (Lipinski definition) is 1. The van der Waals surface area contributed by atoms with Gasteiger partial charge in [-0.25, -0.2) is 14.3 Å². The van der Waals surface area contributed by atoms with E-state index in [9.17, 15) is 14.4 Å². The highest BCUT2D eigenvalue weighted by Gasteiger charge is 2.18. The van der Waals surface area contributed by atoms with E-state index in [0.717, 1.165) is 0 Å². The van der Waals surface area contributed by atoms with Crippen molar-refractivity contribution in [3.05, 3.63) is 45.6 Å². The molecule has 0 unspecified atom stereocenters. The number of esters is 1. The van der Waals surface area contributed by atoms with Crippen LogP contribution in [0.1, 0.15) is 41.6 Å². The molecule has 0 aliphatic rings. The minimum absolute atomic E-state index is 0.0790. The average molecular weight is 333 g/mol. The van der Waals surface area contributed by atoms with Crippen molar-refractivity contribution in [2.75, 3.05) is 11.9 Å². The van der Waals surface area contributed by atoms with Crippen molar-refractivity contribution in [2.45, 2.75) is 33.7 Å². The number of carbonyl (C=O) groups excluding carboxylic acids is 2. The highest BCUT2D eigenvalue weighted by atomic mass is 16.5. The van der Waals surface area contributed by atoms with Crippen molar-refractivity contribution in [3.8, 4) is 0 Å². The van der Waals surface area contributed by atoms with Crippen LogP contribution in [0.5, 0.6) is 0 Å². The number of aromatic nitrogens is 2. The minimum Gasteiger partial charge on any atom is -0.452 e. The Morgan fingerprint density at radius 1 is 1.38 bits per heavy atom. The molecule has 0 aliphatic heterocycles. The molecule has 0 atom stereocenters. The third kappa shape index (κ3) is 3.89. The van der Waals surface area contributed by atoms with E-state index in [4.69, 9.17) is 9.15 Å². The van der Waals surface area contributed by atoms with E-state index in [-0.39, 0.29) is 17.4 Å². The van der Waals surface area contributed by atoms with Gasteiger partial charge in [0, 0.05) is 18.2 Å². The molecule has 128 valence electrons. The first-order valence-corrected chi connectivity index (χ1v) is 7.41. The molecule has 8 heteroatoms. The van der Waals surface area contributed by atoms with Crippen molar-refractivity contribution in [2.24, 2.45) is 0 Å². The molecule has 2 heterocycles. The van der Waals surface area contributed by atoms with E-state index >= 15 is 0 Å². The van der Waals surface area contributed by atoms with Crippen molar-refractivity contribution in [1.82, 2.24) is 9.78 Å². The van der Waals surface area contributed by atoms with Gasteiger partial charge in [0.25, 0.3) is 5.91 Å². The molecule has 0 spiro atoms. The molecular weight excluding hydrogens is 314 g/mol. The number of aryl methyl sites for hydroxylation is 2. The van der Waals surface area contributed by atoms with Gasteiger partial charge in [0.05, 0.1) is 6.20 Å². The summed E-state index contributed by atoms with van der Waals surface area (Å²) in [6.07, 6.45) is 1.57. The summed E-state index contributed by atoms with van der Waals surface area (Å²) < 4.78 is 11.5. The van der Waals surface area contributed by atoms with Gasteiger partial charge >= 0.3 is 11.6 Å². The summed E-state index contributed by atoms with van der Waals surface area (Å²) in [5.74, 6) is -0.535. The molecule has 0 aromatic carbocycles. The lowest BCUT2D eigenvalue weighted by atomic mass is 10.1. The van der Waals surface area contributed by atoms with E-state index in [1.54, 1.807) is 23.9 Å². The zero-order valence-electron chi connectivity index (χ0n) is 14.0. The fraction of sp³-hybridized carbons (Fsp3) is 0.375. The summed E-state index contributed by atoms with van der Waals surface area (Å²) in [4.78, 5) is 35.3. The minimum atomic E-state index is -0.721. The molecule has 0 saturated carbocycles. The fourth-order valence-corrected chi connectivity index (χ4v) is 2.27. The lowest BCUT2D eigenvalue weighted by molar-refractivity contribution is -0.119. The van der Waals surface area contributed by atoms with Crippen LogP contribution >= 0.6 is 0 Å². The molecule has 2 aromatic heterocycles. The lowest BCUT2D eigenvalue weighted by Crippen LogP contribution is -2.23. The van der Waals surface area contributed by atoms with Gasteiger partial charge in [-0.05, 0) is 33.3 Å².